The van der Waals surface area contributed by atoms with Gasteiger partial charge in [-0.1, -0.05) is 42.5 Å². The molecule has 1 aromatic heterocycles. The first kappa shape index (κ1) is 14.1. The maximum absolute atomic E-state index is 12.7. The molecule has 0 bridgehead atoms. The number of ketones is 1. The largest absolute Gasteiger partial charge is 0.472 e. The fourth-order valence-electron chi connectivity index (χ4n) is 2.07. The first-order valence-electron chi connectivity index (χ1n) is 6.67. The van der Waals surface area contributed by atoms with Crippen molar-refractivity contribution in [3.8, 4) is 0 Å². The SMILES string of the molecule is CC=CCC(C(=O)c1ccccc1)=C(C)c1ccoc1. The predicted molar refractivity (Wildman–Crippen MR) is 81.5 cm³/mol. The Morgan fingerprint density at radius 3 is 2.50 bits per heavy atom. The van der Waals surface area contributed by atoms with Crippen molar-refractivity contribution in [3.05, 3.63) is 77.8 Å². The molecule has 1 aromatic carbocycles. The Labute approximate surface area is 119 Å². The summed E-state index contributed by atoms with van der Waals surface area (Å²) < 4.78 is 5.11. The van der Waals surface area contributed by atoms with Gasteiger partial charge in [-0.3, -0.25) is 4.79 Å². The quantitative estimate of drug-likeness (QED) is 0.437. The Morgan fingerprint density at radius 1 is 1.15 bits per heavy atom. The van der Waals surface area contributed by atoms with Crippen LogP contribution in [0.15, 0.2) is 71.1 Å². The second kappa shape index (κ2) is 6.71. The van der Waals surface area contributed by atoms with Gasteiger partial charge in [0.05, 0.1) is 12.5 Å². The number of furan rings is 1. The van der Waals surface area contributed by atoms with Gasteiger partial charge in [0.2, 0.25) is 0 Å². The van der Waals surface area contributed by atoms with Crippen LogP contribution in [-0.2, 0) is 0 Å². The third kappa shape index (κ3) is 3.15. The number of benzene rings is 1. The molecule has 0 saturated carbocycles. The smallest absolute Gasteiger partial charge is 0.189 e. The lowest BCUT2D eigenvalue weighted by Crippen LogP contribution is -2.05. The van der Waals surface area contributed by atoms with Crippen molar-refractivity contribution in [2.24, 2.45) is 0 Å². The van der Waals surface area contributed by atoms with Gasteiger partial charge in [0.25, 0.3) is 0 Å². The van der Waals surface area contributed by atoms with E-state index in [1.807, 2.05) is 62.4 Å². The molecule has 2 nitrogen and oxygen atoms in total. The third-order valence-corrected chi connectivity index (χ3v) is 3.27. The second-order valence-corrected chi connectivity index (χ2v) is 4.58. The number of Topliss-reactive ketones (excluding diaryl/α,β-unsaturated/α-hetero) is 1. The van der Waals surface area contributed by atoms with Crippen molar-refractivity contribution >= 4 is 11.4 Å². The van der Waals surface area contributed by atoms with Crippen molar-refractivity contribution in [2.75, 3.05) is 0 Å². The molecule has 1 heterocycles. The number of allylic oxidation sites excluding steroid dienone is 4. The molecule has 2 rings (SSSR count). The lowest BCUT2D eigenvalue weighted by atomic mass is 9.94. The van der Waals surface area contributed by atoms with Gasteiger partial charge >= 0.3 is 0 Å². The Bertz CT molecular complexity index is 617. The molecule has 0 atom stereocenters. The molecule has 0 N–H and O–H groups in total. The molecular formula is C18H18O2. The zero-order valence-electron chi connectivity index (χ0n) is 11.8. The van der Waals surface area contributed by atoms with E-state index in [4.69, 9.17) is 4.42 Å². The molecule has 0 aliphatic carbocycles. The Balaban J connectivity index is 2.43. The van der Waals surface area contributed by atoms with Crippen LogP contribution in [0.1, 0.15) is 36.2 Å². The number of carbonyl (C=O) groups excluding carboxylic acids is 1. The maximum Gasteiger partial charge on any atom is 0.189 e. The fraction of sp³-hybridized carbons (Fsp3) is 0.167. The van der Waals surface area contributed by atoms with Gasteiger partial charge in [-0.2, -0.15) is 0 Å². The molecule has 0 aliphatic heterocycles. The van der Waals surface area contributed by atoms with Crippen molar-refractivity contribution in [2.45, 2.75) is 20.3 Å². The van der Waals surface area contributed by atoms with E-state index in [-0.39, 0.29) is 5.78 Å². The zero-order chi connectivity index (χ0) is 14.4. The minimum absolute atomic E-state index is 0.0717. The maximum atomic E-state index is 12.7. The molecule has 0 saturated heterocycles. The van der Waals surface area contributed by atoms with E-state index >= 15 is 0 Å². The summed E-state index contributed by atoms with van der Waals surface area (Å²) in [5.74, 6) is 0.0717. The van der Waals surface area contributed by atoms with Crippen LogP contribution in [0, 0.1) is 0 Å². The first-order valence-corrected chi connectivity index (χ1v) is 6.67. The van der Waals surface area contributed by atoms with Crippen LogP contribution in [0.5, 0.6) is 0 Å². The van der Waals surface area contributed by atoms with Crippen molar-refractivity contribution in [1.82, 2.24) is 0 Å². The van der Waals surface area contributed by atoms with E-state index in [1.165, 1.54) is 0 Å². The minimum Gasteiger partial charge on any atom is -0.472 e. The molecule has 20 heavy (non-hydrogen) atoms. The van der Waals surface area contributed by atoms with Gasteiger partial charge in [0, 0.05) is 16.7 Å². The average Bonchev–Trinajstić information content (AvgIpc) is 3.02. The van der Waals surface area contributed by atoms with Crippen LogP contribution in [0.25, 0.3) is 5.57 Å². The van der Waals surface area contributed by atoms with E-state index in [0.717, 1.165) is 22.3 Å². The molecule has 2 aromatic rings. The normalized spacial score (nSPS) is 12.5. The second-order valence-electron chi connectivity index (χ2n) is 4.58. The number of hydrogen-bond donors (Lipinski definition) is 0. The van der Waals surface area contributed by atoms with E-state index in [1.54, 1.807) is 12.5 Å². The summed E-state index contributed by atoms with van der Waals surface area (Å²) in [7, 11) is 0. The van der Waals surface area contributed by atoms with E-state index in [2.05, 4.69) is 0 Å². The summed E-state index contributed by atoms with van der Waals surface area (Å²) in [5.41, 5.74) is 3.44. The van der Waals surface area contributed by atoms with E-state index < -0.39 is 0 Å². The van der Waals surface area contributed by atoms with Crippen LogP contribution in [0.2, 0.25) is 0 Å². The third-order valence-electron chi connectivity index (χ3n) is 3.27. The molecule has 0 radical (unpaired) electrons. The van der Waals surface area contributed by atoms with Gasteiger partial charge in [-0.05, 0) is 31.9 Å². The highest BCUT2D eigenvalue weighted by Gasteiger charge is 2.15. The van der Waals surface area contributed by atoms with Gasteiger partial charge in [0.15, 0.2) is 5.78 Å². The molecule has 0 spiro atoms. The molecule has 0 aliphatic rings. The zero-order valence-corrected chi connectivity index (χ0v) is 11.8. The Kier molecular flexibility index (Phi) is 4.72. The molecule has 0 unspecified atom stereocenters. The molecular weight excluding hydrogens is 248 g/mol. The highest BCUT2D eigenvalue weighted by Crippen LogP contribution is 2.24. The summed E-state index contributed by atoms with van der Waals surface area (Å²) >= 11 is 0. The lowest BCUT2D eigenvalue weighted by molar-refractivity contribution is 0.103. The van der Waals surface area contributed by atoms with E-state index in [9.17, 15) is 4.79 Å². The molecule has 2 heteroatoms. The topological polar surface area (TPSA) is 30.2 Å². The van der Waals surface area contributed by atoms with Crippen molar-refractivity contribution < 1.29 is 9.21 Å². The lowest BCUT2D eigenvalue weighted by Gasteiger charge is -2.09. The summed E-state index contributed by atoms with van der Waals surface area (Å²) in [6.07, 6.45) is 7.88. The standard InChI is InChI=1S/C18H18O2/c1-3-4-10-17(14(2)16-11-12-20-13-16)18(19)15-8-6-5-7-9-15/h3-9,11-13H,10H2,1-2H3. The van der Waals surface area contributed by atoms with Crippen LogP contribution in [0.3, 0.4) is 0 Å². The van der Waals surface area contributed by atoms with Gasteiger partial charge in [0.1, 0.15) is 0 Å². The van der Waals surface area contributed by atoms with Crippen molar-refractivity contribution in [3.63, 3.8) is 0 Å². The highest BCUT2D eigenvalue weighted by molar-refractivity contribution is 6.13. The number of carbonyl (C=O) groups is 1. The molecule has 0 amide bonds. The Hall–Kier alpha value is -2.35. The molecule has 0 fully saturated rings. The summed E-state index contributed by atoms with van der Waals surface area (Å²) in [6.45, 7) is 3.92. The number of rotatable bonds is 5. The summed E-state index contributed by atoms with van der Waals surface area (Å²) in [4.78, 5) is 12.7. The summed E-state index contributed by atoms with van der Waals surface area (Å²) in [6, 6.07) is 11.3. The average molecular weight is 266 g/mol. The van der Waals surface area contributed by atoms with Gasteiger partial charge < -0.3 is 4.42 Å². The van der Waals surface area contributed by atoms with Crippen LogP contribution < -0.4 is 0 Å². The van der Waals surface area contributed by atoms with Gasteiger partial charge in [-0.15, -0.1) is 0 Å². The predicted octanol–water partition coefficient (Wildman–Crippen LogP) is 4.90. The van der Waals surface area contributed by atoms with Crippen molar-refractivity contribution in [1.29, 1.82) is 0 Å². The van der Waals surface area contributed by atoms with Crippen LogP contribution in [0.4, 0.5) is 0 Å². The highest BCUT2D eigenvalue weighted by atomic mass is 16.3. The Morgan fingerprint density at radius 2 is 1.90 bits per heavy atom. The van der Waals surface area contributed by atoms with E-state index in [0.29, 0.717) is 6.42 Å². The minimum atomic E-state index is 0.0717. The monoisotopic (exact) mass is 266 g/mol. The fourth-order valence-corrected chi connectivity index (χ4v) is 2.07. The number of hydrogen-bond acceptors (Lipinski definition) is 2. The van der Waals surface area contributed by atoms with Gasteiger partial charge in [-0.25, -0.2) is 0 Å². The van der Waals surface area contributed by atoms with Crippen LogP contribution in [-0.4, -0.2) is 5.78 Å². The molecule has 102 valence electrons. The first-order chi connectivity index (χ1) is 9.74. The van der Waals surface area contributed by atoms with Crippen LogP contribution >= 0.6 is 0 Å². The summed E-state index contributed by atoms with van der Waals surface area (Å²) in [5, 5.41) is 0.